The number of carbonyl (C=O) groups is 2. The number of rotatable bonds is 4. The summed E-state index contributed by atoms with van der Waals surface area (Å²) in [7, 11) is 0. The molecular formula is C13H15NO3. The van der Waals surface area contributed by atoms with Crippen LogP contribution in [0.1, 0.15) is 25.3 Å². The summed E-state index contributed by atoms with van der Waals surface area (Å²) in [6, 6.07) is 9.43. The molecule has 1 N–H and O–H groups in total. The maximum absolute atomic E-state index is 11.5. The van der Waals surface area contributed by atoms with Gasteiger partial charge < -0.3 is 10.1 Å². The number of nitrogens with one attached hydrogen (secondary N) is 1. The molecule has 1 aromatic rings. The van der Waals surface area contributed by atoms with Crippen molar-refractivity contribution in [1.82, 2.24) is 5.32 Å². The van der Waals surface area contributed by atoms with E-state index in [1.54, 1.807) is 0 Å². The van der Waals surface area contributed by atoms with Gasteiger partial charge in [0.2, 0.25) is 0 Å². The molecule has 1 aliphatic rings. The fourth-order valence-electron chi connectivity index (χ4n) is 1.64. The Bertz CT molecular complexity index is 424. The molecule has 0 aromatic heterocycles. The van der Waals surface area contributed by atoms with Crippen LogP contribution in [0.3, 0.4) is 0 Å². The average molecular weight is 233 g/mol. The van der Waals surface area contributed by atoms with E-state index in [0.717, 1.165) is 5.56 Å². The van der Waals surface area contributed by atoms with E-state index in [-0.39, 0.29) is 12.4 Å². The SMILES string of the molecule is CC(=O)C1(NC(=O)OCc2ccccc2)CC1. The third-order valence-electron chi connectivity index (χ3n) is 2.98. The highest BCUT2D eigenvalue weighted by Crippen LogP contribution is 2.36. The van der Waals surface area contributed by atoms with Gasteiger partial charge >= 0.3 is 6.09 Å². The van der Waals surface area contributed by atoms with Crippen LogP contribution in [0.25, 0.3) is 0 Å². The first-order chi connectivity index (χ1) is 8.12. The van der Waals surface area contributed by atoms with Gasteiger partial charge in [-0.3, -0.25) is 4.79 Å². The van der Waals surface area contributed by atoms with Crippen LogP contribution in [0.15, 0.2) is 30.3 Å². The molecule has 17 heavy (non-hydrogen) atoms. The van der Waals surface area contributed by atoms with Crippen molar-refractivity contribution in [2.75, 3.05) is 0 Å². The standard InChI is InChI=1S/C13H15NO3/c1-10(15)13(7-8-13)14-12(16)17-9-11-5-3-2-4-6-11/h2-6H,7-9H2,1H3,(H,14,16). The van der Waals surface area contributed by atoms with Crippen molar-refractivity contribution >= 4 is 11.9 Å². The Balaban J connectivity index is 1.81. The van der Waals surface area contributed by atoms with Crippen molar-refractivity contribution in [2.24, 2.45) is 0 Å². The van der Waals surface area contributed by atoms with Gasteiger partial charge in [0.15, 0.2) is 5.78 Å². The first-order valence-corrected chi connectivity index (χ1v) is 5.62. The lowest BCUT2D eigenvalue weighted by atomic mass is 10.2. The van der Waals surface area contributed by atoms with Gasteiger partial charge in [0, 0.05) is 0 Å². The molecule has 4 heteroatoms. The molecule has 0 unspecified atom stereocenters. The smallest absolute Gasteiger partial charge is 0.408 e. The monoisotopic (exact) mass is 233 g/mol. The second-order valence-corrected chi connectivity index (χ2v) is 4.33. The predicted octanol–water partition coefficient (Wildman–Crippen LogP) is 2.03. The highest BCUT2D eigenvalue weighted by molar-refractivity contribution is 5.92. The third-order valence-corrected chi connectivity index (χ3v) is 2.98. The summed E-state index contributed by atoms with van der Waals surface area (Å²) in [5.41, 5.74) is 0.281. The Hall–Kier alpha value is -1.84. The normalized spacial score (nSPS) is 16.1. The van der Waals surface area contributed by atoms with E-state index in [0.29, 0.717) is 12.8 Å². The van der Waals surface area contributed by atoms with Gasteiger partial charge in [-0.1, -0.05) is 30.3 Å². The largest absolute Gasteiger partial charge is 0.445 e. The molecular weight excluding hydrogens is 218 g/mol. The van der Waals surface area contributed by atoms with E-state index in [9.17, 15) is 9.59 Å². The Morgan fingerprint density at radius 3 is 2.47 bits per heavy atom. The number of hydrogen-bond donors (Lipinski definition) is 1. The molecule has 0 saturated heterocycles. The van der Waals surface area contributed by atoms with E-state index in [1.165, 1.54) is 6.92 Å². The Morgan fingerprint density at radius 2 is 1.94 bits per heavy atom. The highest BCUT2D eigenvalue weighted by Gasteiger charge is 2.49. The van der Waals surface area contributed by atoms with Crippen molar-refractivity contribution in [2.45, 2.75) is 31.9 Å². The van der Waals surface area contributed by atoms with Crippen LogP contribution in [-0.4, -0.2) is 17.4 Å². The topological polar surface area (TPSA) is 55.4 Å². The zero-order valence-electron chi connectivity index (χ0n) is 9.73. The minimum Gasteiger partial charge on any atom is -0.445 e. The van der Waals surface area contributed by atoms with Gasteiger partial charge in [-0.25, -0.2) is 4.79 Å². The van der Waals surface area contributed by atoms with Crippen LogP contribution >= 0.6 is 0 Å². The number of Topliss-reactive ketones (excluding diaryl/α,β-unsaturated/α-hetero) is 1. The number of carbonyl (C=O) groups excluding carboxylic acids is 2. The van der Waals surface area contributed by atoms with Crippen LogP contribution in [0, 0.1) is 0 Å². The molecule has 0 atom stereocenters. The molecule has 0 aliphatic heterocycles. The van der Waals surface area contributed by atoms with E-state index in [4.69, 9.17) is 4.74 Å². The van der Waals surface area contributed by atoms with Gasteiger partial charge in [-0.15, -0.1) is 0 Å². The fraction of sp³-hybridized carbons (Fsp3) is 0.385. The Morgan fingerprint density at radius 1 is 1.29 bits per heavy atom. The average Bonchev–Trinajstić information content (AvgIpc) is 3.09. The molecule has 0 radical (unpaired) electrons. The number of hydrogen-bond acceptors (Lipinski definition) is 3. The van der Waals surface area contributed by atoms with Crippen LogP contribution < -0.4 is 5.32 Å². The van der Waals surface area contributed by atoms with Crippen molar-refractivity contribution in [3.8, 4) is 0 Å². The number of alkyl carbamates (subject to hydrolysis) is 1. The summed E-state index contributed by atoms with van der Waals surface area (Å²) in [4.78, 5) is 22.8. The van der Waals surface area contributed by atoms with Crippen molar-refractivity contribution < 1.29 is 14.3 Å². The molecule has 1 fully saturated rings. The zero-order valence-corrected chi connectivity index (χ0v) is 9.73. The minimum atomic E-state index is -0.645. The molecule has 0 spiro atoms. The van der Waals surface area contributed by atoms with Gasteiger partial charge in [-0.05, 0) is 25.3 Å². The van der Waals surface area contributed by atoms with Crippen molar-refractivity contribution in [1.29, 1.82) is 0 Å². The Kier molecular flexibility index (Phi) is 3.13. The number of ether oxygens (including phenoxy) is 1. The van der Waals surface area contributed by atoms with Crippen molar-refractivity contribution in [3.63, 3.8) is 0 Å². The van der Waals surface area contributed by atoms with E-state index in [1.807, 2.05) is 30.3 Å². The van der Waals surface area contributed by atoms with Crippen LogP contribution in [0.5, 0.6) is 0 Å². The van der Waals surface area contributed by atoms with E-state index >= 15 is 0 Å². The summed E-state index contributed by atoms with van der Waals surface area (Å²) in [5.74, 6) is -0.00541. The van der Waals surface area contributed by atoms with E-state index < -0.39 is 11.6 Å². The van der Waals surface area contributed by atoms with Gasteiger partial charge in [0.05, 0.1) is 0 Å². The fourth-order valence-corrected chi connectivity index (χ4v) is 1.64. The second kappa shape index (κ2) is 4.57. The van der Waals surface area contributed by atoms with Crippen molar-refractivity contribution in [3.05, 3.63) is 35.9 Å². The molecule has 0 bridgehead atoms. The minimum absolute atomic E-state index is 0.00541. The maximum atomic E-state index is 11.5. The predicted molar refractivity (Wildman–Crippen MR) is 62.4 cm³/mol. The van der Waals surface area contributed by atoms with Crippen LogP contribution in [0.2, 0.25) is 0 Å². The summed E-state index contributed by atoms with van der Waals surface area (Å²) in [6.45, 7) is 1.71. The first-order valence-electron chi connectivity index (χ1n) is 5.62. The molecule has 90 valence electrons. The van der Waals surface area contributed by atoms with Crippen LogP contribution in [0.4, 0.5) is 4.79 Å². The number of ketones is 1. The first kappa shape index (κ1) is 11.6. The molecule has 2 rings (SSSR count). The van der Waals surface area contributed by atoms with E-state index in [2.05, 4.69) is 5.32 Å². The molecule has 1 aromatic carbocycles. The summed E-state index contributed by atoms with van der Waals surface area (Å²) in [6.07, 6.45) is 0.896. The van der Waals surface area contributed by atoms with Gasteiger partial charge in [0.1, 0.15) is 12.1 Å². The van der Waals surface area contributed by atoms with Gasteiger partial charge in [0.25, 0.3) is 0 Å². The number of benzene rings is 1. The molecule has 1 amide bonds. The lowest BCUT2D eigenvalue weighted by molar-refractivity contribution is -0.119. The highest BCUT2D eigenvalue weighted by atomic mass is 16.5. The van der Waals surface area contributed by atoms with Gasteiger partial charge in [-0.2, -0.15) is 0 Å². The Labute approximate surface area is 100.0 Å². The zero-order chi connectivity index (χ0) is 12.3. The molecule has 1 aliphatic carbocycles. The molecule has 1 saturated carbocycles. The molecule has 4 nitrogen and oxygen atoms in total. The number of amides is 1. The summed E-state index contributed by atoms with van der Waals surface area (Å²) >= 11 is 0. The quantitative estimate of drug-likeness (QED) is 0.865. The lowest BCUT2D eigenvalue weighted by Gasteiger charge is -2.13. The maximum Gasteiger partial charge on any atom is 0.408 e. The molecule has 0 heterocycles. The summed E-state index contributed by atoms with van der Waals surface area (Å²) < 4.78 is 5.05. The second-order valence-electron chi connectivity index (χ2n) is 4.33. The van der Waals surface area contributed by atoms with Crippen LogP contribution in [-0.2, 0) is 16.1 Å². The lowest BCUT2D eigenvalue weighted by Crippen LogP contribution is -2.42. The summed E-state index contributed by atoms with van der Waals surface area (Å²) in [5, 5.41) is 2.63. The third kappa shape index (κ3) is 2.84.